The summed E-state index contributed by atoms with van der Waals surface area (Å²) in [6.45, 7) is 6.43. The van der Waals surface area contributed by atoms with Crippen LogP contribution in [0.3, 0.4) is 0 Å². The fraction of sp³-hybridized carbons (Fsp3) is 0.455. The molecular weight excluding hydrogens is 417 g/mol. The summed E-state index contributed by atoms with van der Waals surface area (Å²) in [5.74, 6) is 0.601. The van der Waals surface area contributed by atoms with Gasteiger partial charge in [-0.05, 0) is 51.0 Å². The molecule has 0 bridgehead atoms. The van der Waals surface area contributed by atoms with Gasteiger partial charge in [-0.3, -0.25) is 4.99 Å². The average molecular weight is 448 g/mol. The molecule has 168 valence electrons. The Hall–Kier alpha value is -2.68. The maximum atomic E-state index is 13.8. The van der Waals surface area contributed by atoms with Crippen molar-refractivity contribution in [1.29, 1.82) is 0 Å². The molecule has 1 saturated heterocycles. The maximum Gasteiger partial charge on any atom is 0.191 e. The second-order valence-electron chi connectivity index (χ2n) is 7.55. The Labute approximate surface area is 183 Å². The summed E-state index contributed by atoms with van der Waals surface area (Å²) in [4.78, 5) is 11.0. The number of rotatable bonds is 7. The van der Waals surface area contributed by atoms with E-state index in [4.69, 9.17) is 0 Å². The molecule has 1 aliphatic rings. The zero-order chi connectivity index (χ0) is 22.3. The highest BCUT2D eigenvalue weighted by molar-refractivity contribution is 7.91. The molecular formula is C22H30FN5O2S. The Morgan fingerprint density at radius 2 is 1.94 bits per heavy atom. The van der Waals surface area contributed by atoms with Gasteiger partial charge in [-0.2, -0.15) is 0 Å². The number of pyridine rings is 1. The van der Waals surface area contributed by atoms with Gasteiger partial charge in [-0.1, -0.05) is 18.2 Å². The van der Waals surface area contributed by atoms with Gasteiger partial charge in [0, 0.05) is 31.4 Å². The van der Waals surface area contributed by atoms with Crippen LogP contribution in [-0.2, 0) is 9.84 Å². The van der Waals surface area contributed by atoms with Gasteiger partial charge in [0.05, 0.1) is 12.3 Å². The molecule has 1 fully saturated rings. The molecule has 2 N–H and O–H groups in total. The van der Waals surface area contributed by atoms with Crippen molar-refractivity contribution in [3.63, 3.8) is 0 Å². The van der Waals surface area contributed by atoms with Crippen LogP contribution in [-0.4, -0.2) is 57.3 Å². The van der Waals surface area contributed by atoms with E-state index in [0.29, 0.717) is 12.5 Å². The number of hydrogen-bond acceptors (Lipinski definition) is 5. The molecule has 9 heteroatoms. The minimum absolute atomic E-state index is 0.0536. The first-order valence-electron chi connectivity index (χ1n) is 10.6. The highest BCUT2D eigenvalue weighted by Gasteiger charge is 2.22. The van der Waals surface area contributed by atoms with Crippen molar-refractivity contribution in [2.75, 3.05) is 36.8 Å². The summed E-state index contributed by atoms with van der Waals surface area (Å²) >= 11 is 0. The van der Waals surface area contributed by atoms with E-state index in [-0.39, 0.29) is 23.2 Å². The van der Waals surface area contributed by atoms with E-state index in [9.17, 15) is 12.8 Å². The van der Waals surface area contributed by atoms with Gasteiger partial charge < -0.3 is 15.5 Å². The molecule has 0 saturated carbocycles. The Kier molecular flexibility index (Phi) is 7.84. The molecule has 1 aromatic heterocycles. The third-order valence-electron chi connectivity index (χ3n) is 5.18. The number of aryl methyl sites for hydroxylation is 1. The summed E-state index contributed by atoms with van der Waals surface area (Å²) in [5.41, 5.74) is 1.00. The maximum absolute atomic E-state index is 13.8. The molecule has 7 nitrogen and oxygen atoms in total. The van der Waals surface area contributed by atoms with Gasteiger partial charge in [0.25, 0.3) is 0 Å². The minimum atomic E-state index is -3.73. The number of halogens is 1. The van der Waals surface area contributed by atoms with Crippen LogP contribution in [0.15, 0.2) is 52.4 Å². The number of piperidine rings is 1. The van der Waals surface area contributed by atoms with Crippen molar-refractivity contribution in [1.82, 2.24) is 15.6 Å². The highest BCUT2D eigenvalue weighted by Crippen LogP contribution is 2.18. The quantitative estimate of drug-likeness (QED) is 0.501. The van der Waals surface area contributed by atoms with Crippen molar-refractivity contribution < 1.29 is 12.8 Å². The van der Waals surface area contributed by atoms with Gasteiger partial charge in [-0.15, -0.1) is 0 Å². The summed E-state index contributed by atoms with van der Waals surface area (Å²) in [5, 5.41) is 6.56. The normalized spacial score (nSPS) is 15.7. The van der Waals surface area contributed by atoms with Crippen LogP contribution in [0.2, 0.25) is 0 Å². The number of aliphatic imine (C=N–C) groups is 1. The lowest BCUT2D eigenvalue weighted by Crippen LogP contribution is -2.49. The van der Waals surface area contributed by atoms with Crippen LogP contribution in [0.1, 0.15) is 25.5 Å². The third-order valence-corrected chi connectivity index (χ3v) is 6.90. The molecule has 1 aliphatic heterocycles. The van der Waals surface area contributed by atoms with E-state index in [0.717, 1.165) is 43.5 Å². The number of hydrogen-bond donors (Lipinski definition) is 2. The lowest BCUT2D eigenvalue weighted by Gasteiger charge is -2.34. The van der Waals surface area contributed by atoms with E-state index in [2.05, 4.69) is 25.5 Å². The van der Waals surface area contributed by atoms with Crippen LogP contribution < -0.4 is 15.5 Å². The summed E-state index contributed by atoms with van der Waals surface area (Å²) in [6, 6.07) is 11.7. The van der Waals surface area contributed by atoms with Crippen LogP contribution in [0.4, 0.5) is 10.2 Å². The Morgan fingerprint density at radius 1 is 1.19 bits per heavy atom. The average Bonchev–Trinajstić information content (AvgIpc) is 2.74. The van der Waals surface area contributed by atoms with E-state index in [1.807, 2.05) is 32.0 Å². The molecule has 3 rings (SSSR count). The molecule has 0 spiro atoms. The first kappa shape index (κ1) is 23.0. The Balaban J connectivity index is 1.55. The van der Waals surface area contributed by atoms with E-state index in [1.54, 1.807) is 0 Å². The van der Waals surface area contributed by atoms with Gasteiger partial charge in [0.2, 0.25) is 0 Å². The third kappa shape index (κ3) is 6.40. The van der Waals surface area contributed by atoms with Crippen LogP contribution in [0.25, 0.3) is 0 Å². The van der Waals surface area contributed by atoms with Gasteiger partial charge in [0.15, 0.2) is 15.8 Å². The van der Waals surface area contributed by atoms with Crippen molar-refractivity contribution in [3.8, 4) is 0 Å². The number of benzene rings is 1. The van der Waals surface area contributed by atoms with E-state index >= 15 is 0 Å². The van der Waals surface area contributed by atoms with Gasteiger partial charge in [-0.25, -0.2) is 17.8 Å². The summed E-state index contributed by atoms with van der Waals surface area (Å²) in [6.07, 6.45) is 1.85. The lowest BCUT2D eigenvalue weighted by molar-refractivity contribution is 0.459. The molecule has 0 amide bonds. The molecule has 2 heterocycles. The Bertz CT molecular complexity index is 1000. The molecule has 2 aromatic rings. The van der Waals surface area contributed by atoms with Crippen molar-refractivity contribution in [3.05, 3.63) is 54.0 Å². The minimum Gasteiger partial charge on any atom is -0.357 e. The van der Waals surface area contributed by atoms with Crippen LogP contribution in [0.5, 0.6) is 0 Å². The Morgan fingerprint density at radius 3 is 2.61 bits per heavy atom. The summed E-state index contributed by atoms with van der Waals surface area (Å²) in [7, 11) is -3.73. The number of nitrogens with zero attached hydrogens (tertiary/aromatic N) is 3. The largest absolute Gasteiger partial charge is 0.357 e. The number of anilines is 1. The number of aromatic nitrogens is 1. The second-order valence-corrected chi connectivity index (χ2v) is 9.63. The zero-order valence-electron chi connectivity index (χ0n) is 18.0. The fourth-order valence-electron chi connectivity index (χ4n) is 3.56. The van der Waals surface area contributed by atoms with Crippen molar-refractivity contribution in [2.24, 2.45) is 4.99 Å². The monoisotopic (exact) mass is 447 g/mol. The first-order valence-corrected chi connectivity index (χ1v) is 12.2. The van der Waals surface area contributed by atoms with Crippen molar-refractivity contribution in [2.45, 2.75) is 37.6 Å². The molecule has 1 aromatic carbocycles. The van der Waals surface area contributed by atoms with Crippen LogP contribution >= 0.6 is 0 Å². The smallest absolute Gasteiger partial charge is 0.191 e. The molecule has 0 radical (unpaired) electrons. The number of guanidine groups is 1. The SMILES string of the molecule is CCNC(=NCCS(=O)(=O)c1ccccc1F)NC1CCN(c2cccc(C)n2)CC1. The molecule has 0 unspecified atom stereocenters. The first-order chi connectivity index (χ1) is 14.9. The van der Waals surface area contributed by atoms with Gasteiger partial charge >= 0.3 is 0 Å². The predicted octanol–water partition coefficient (Wildman–Crippen LogP) is 2.53. The summed E-state index contributed by atoms with van der Waals surface area (Å²) < 4.78 is 38.7. The van der Waals surface area contributed by atoms with Gasteiger partial charge in [0.1, 0.15) is 16.5 Å². The molecule has 0 aliphatic carbocycles. The predicted molar refractivity (Wildman–Crippen MR) is 122 cm³/mol. The van der Waals surface area contributed by atoms with E-state index in [1.165, 1.54) is 18.2 Å². The highest BCUT2D eigenvalue weighted by atomic mass is 32.2. The number of nitrogens with one attached hydrogen (secondary N) is 2. The topological polar surface area (TPSA) is 86.7 Å². The molecule has 0 atom stereocenters. The number of sulfone groups is 1. The molecule has 31 heavy (non-hydrogen) atoms. The van der Waals surface area contributed by atoms with Crippen LogP contribution in [0, 0.1) is 12.7 Å². The van der Waals surface area contributed by atoms with Crippen molar-refractivity contribution >= 4 is 21.6 Å². The van der Waals surface area contributed by atoms with E-state index < -0.39 is 15.7 Å². The fourth-order valence-corrected chi connectivity index (χ4v) is 4.76. The lowest BCUT2D eigenvalue weighted by atomic mass is 10.1. The zero-order valence-corrected chi connectivity index (χ0v) is 18.8. The standard InChI is InChI=1S/C22H30FN5O2S/c1-3-24-22(25-13-16-31(29,30)20-9-5-4-8-19(20)23)27-18-11-14-28(15-12-18)21-10-6-7-17(2)26-21/h4-10,18H,3,11-16H2,1-2H3,(H2,24,25,27). The second kappa shape index (κ2) is 10.6.